The normalized spacial score (nSPS) is 26.4. The minimum atomic E-state index is -1.95. The zero-order chi connectivity index (χ0) is 20.4. The van der Waals surface area contributed by atoms with Crippen molar-refractivity contribution < 1.29 is 29.3 Å². The van der Waals surface area contributed by atoms with Crippen molar-refractivity contribution in [2.45, 2.75) is 64.9 Å². The Morgan fingerprint density at radius 2 is 2.07 bits per heavy atom. The zero-order valence-corrected chi connectivity index (χ0v) is 16.8. The Morgan fingerprint density at radius 1 is 1.41 bits per heavy atom. The van der Waals surface area contributed by atoms with E-state index in [0.29, 0.717) is 12.1 Å². The summed E-state index contributed by atoms with van der Waals surface area (Å²) in [6.07, 6.45) is 2.87. The highest BCUT2D eigenvalue weighted by Crippen LogP contribution is 2.32. The molecule has 27 heavy (non-hydrogen) atoms. The molecule has 0 aliphatic carbocycles. The number of hydrogen-bond donors (Lipinski definition) is 2. The molecule has 2 aliphatic rings. The Bertz CT molecular complexity index is 628. The predicted molar refractivity (Wildman–Crippen MR) is 99.8 cm³/mol. The topological polar surface area (TPSA) is 96.3 Å². The lowest BCUT2D eigenvalue weighted by atomic mass is 9.85. The van der Waals surface area contributed by atoms with Crippen LogP contribution in [0.3, 0.4) is 0 Å². The van der Waals surface area contributed by atoms with Gasteiger partial charge in [-0.05, 0) is 38.7 Å². The quantitative estimate of drug-likeness (QED) is 0.388. The van der Waals surface area contributed by atoms with Crippen molar-refractivity contribution in [2.24, 2.45) is 5.92 Å². The van der Waals surface area contributed by atoms with E-state index in [1.165, 1.54) is 6.92 Å². The van der Waals surface area contributed by atoms with Crippen molar-refractivity contribution in [3.8, 4) is 0 Å². The van der Waals surface area contributed by atoms with Crippen molar-refractivity contribution in [3.63, 3.8) is 0 Å². The van der Waals surface area contributed by atoms with Crippen LogP contribution in [-0.4, -0.2) is 70.6 Å². The van der Waals surface area contributed by atoms with Crippen LogP contribution in [0.5, 0.6) is 0 Å². The fourth-order valence-corrected chi connectivity index (χ4v) is 3.63. The van der Waals surface area contributed by atoms with Crippen LogP contribution in [0.25, 0.3) is 0 Å². The number of fused-ring (bicyclic) bond motifs is 1. The van der Waals surface area contributed by atoms with Gasteiger partial charge in [-0.2, -0.15) is 0 Å². The van der Waals surface area contributed by atoms with Crippen LogP contribution in [0.15, 0.2) is 23.3 Å². The first-order valence-corrected chi connectivity index (χ1v) is 9.47. The van der Waals surface area contributed by atoms with Crippen molar-refractivity contribution in [1.29, 1.82) is 0 Å². The zero-order valence-electron chi connectivity index (χ0n) is 16.8. The van der Waals surface area contributed by atoms with E-state index in [4.69, 9.17) is 9.47 Å². The lowest BCUT2D eigenvalue weighted by Gasteiger charge is -2.32. The second-order valence-corrected chi connectivity index (χ2v) is 7.66. The molecule has 0 bridgehead atoms. The highest BCUT2D eigenvalue weighted by atomic mass is 16.6. The summed E-state index contributed by atoms with van der Waals surface area (Å²) in [6, 6.07) is -0.120. The van der Waals surface area contributed by atoms with E-state index in [-0.39, 0.29) is 24.7 Å². The minimum absolute atomic E-state index is 0.00159. The molecule has 1 fully saturated rings. The Kier molecular flexibility index (Phi) is 6.83. The van der Waals surface area contributed by atoms with Crippen molar-refractivity contribution in [2.75, 3.05) is 19.7 Å². The van der Waals surface area contributed by atoms with E-state index >= 15 is 0 Å². The summed E-state index contributed by atoms with van der Waals surface area (Å²) in [6.45, 7) is 9.68. The Morgan fingerprint density at radius 3 is 2.63 bits per heavy atom. The van der Waals surface area contributed by atoms with Gasteiger partial charge in [-0.25, -0.2) is 9.59 Å². The molecule has 0 spiro atoms. The smallest absolute Gasteiger partial charge is 0.341 e. The molecule has 7 heteroatoms. The summed E-state index contributed by atoms with van der Waals surface area (Å²) in [4.78, 5) is 26.7. The average molecular weight is 381 g/mol. The molecule has 0 aromatic rings. The first-order chi connectivity index (χ1) is 12.6. The monoisotopic (exact) mass is 381 g/mol. The number of allylic oxidation sites excluding steroid dienone is 1. The molecule has 0 aromatic carbocycles. The second-order valence-electron chi connectivity index (χ2n) is 7.66. The van der Waals surface area contributed by atoms with Gasteiger partial charge in [0.1, 0.15) is 12.7 Å². The lowest BCUT2D eigenvalue weighted by molar-refractivity contribution is -0.183. The SMILES string of the molecule is C/C=C(\C)C(=O)O[C@@H]1CCN2CC=C(COC(=O)[C@](O)(C(C)C)[C@@H](C)O)[C@H]12. The summed E-state index contributed by atoms with van der Waals surface area (Å²) in [7, 11) is 0. The van der Waals surface area contributed by atoms with Crippen LogP contribution < -0.4 is 0 Å². The molecule has 2 heterocycles. The standard InChI is InChI=1S/C20H31NO6/c1-6-13(4)18(23)27-16-8-10-21-9-7-15(17(16)21)11-26-19(24)20(25,12(2)3)14(5)22/h6-7,12,14,16-17,22,25H,8-11H2,1-5H3/b13-6+/t14-,16-,17-,20+/m1/s1. The third-order valence-electron chi connectivity index (χ3n) is 5.64. The number of carbonyl (C=O) groups is 2. The van der Waals surface area contributed by atoms with Gasteiger partial charge < -0.3 is 19.7 Å². The minimum Gasteiger partial charge on any atom is -0.459 e. The maximum absolute atomic E-state index is 12.4. The third-order valence-corrected chi connectivity index (χ3v) is 5.64. The van der Waals surface area contributed by atoms with Gasteiger partial charge in [0.15, 0.2) is 5.60 Å². The van der Waals surface area contributed by atoms with Gasteiger partial charge in [0.05, 0.1) is 12.1 Å². The van der Waals surface area contributed by atoms with Crippen molar-refractivity contribution in [1.82, 2.24) is 4.90 Å². The molecule has 1 saturated heterocycles. The molecule has 0 saturated carbocycles. The highest BCUT2D eigenvalue weighted by Gasteiger charge is 2.47. The number of rotatable bonds is 7. The molecular weight excluding hydrogens is 350 g/mol. The number of hydrogen-bond acceptors (Lipinski definition) is 7. The number of esters is 2. The molecule has 0 aromatic heterocycles. The fourth-order valence-electron chi connectivity index (χ4n) is 3.63. The van der Waals surface area contributed by atoms with E-state index in [2.05, 4.69) is 4.90 Å². The van der Waals surface area contributed by atoms with E-state index < -0.39 is 23.6 Å². The van der Waals surface area contributed by atoms with Crippen molar-refractivity contribution in [3.05, 3.63) is 23.3 Å². The maximum Gasteiger partial charge on any atom is 0.341 e. The Labute approximate surface area is 160 Å². The van der Waals surface area contributed by atoms with E-state index in [0.717, 1.165) is 18.5 Å². The van der Waals surface area contributed by atoms with Gasteiger partial charge in [0, 0.05) is 18.7 Å². The maximum atomic E-state index is 12.4. The van der Waals surface area contributed by atoms with E-state index in [1.807, 2.05) is 6.08 Å². The van der Waals surface area contributed by atoms with Crippen LogP contribution in [0.1, 0.15) is 41.0 Å². The number of ether oxygens (including phenoxy) is 2. The molecular formula is C20H31NO6. The van der Waals surface area contributed by atoms with Crippen LogP contribution in [0, 0.1) is 5.92 Å². The molecule has 0 radical (unpaired) electrons. The average Bonchev–Trinajstić information content (AvgIpc) is 3.20. The van der Waals surface area contributed by atoms with Gasteiger partial charge in [0.2, 0.25) is 0 Å². The summed E-state index contributed by atoms with van der Waals surface area (Å²) in [5.41, 5.74) is -0.542. The molecule has 4 atom stereocenters. The number of aliphatic hydroxyl groups is 2. The molecule has 0 unspecified atom stereocenters. The van der Waals surface area contributed by atoms with Crippen LogP contribution in [0.2, 0.25) is 0 Å². The molecule has 2 rings (SSSR count). The van der Waals surface area contributed by atoms with E-state index in [9.17, 15) is 19.8 Å². The van der Waals surface area contributed by atoms with Crippen LogP contribution in [0.4, 0.5) is 0 Å². The highest BCUT2D eigenvalue weighted by molar-refractivity contribution is 5.87. The van der Waals surface area contributed by atoms with Gasteiger partial charge in [0.25, 0.3) is 0 Å². The second kappa shape index (κ2) is 8.54. The van der Waals surface area contributed by atoms with Gasteiger partial charge in [-0.15, -0.1) is 0 Å². The van der Waals surface area contributed by atoms with Gasteiger partial charge >= 0.3 is 11.9 Å². The molecule has 2 N–H and O–H groups in total. The first-order valence-electron chi connectivity index (χ1n) is 9.47. The predicted octanol–water partition coefficient (Wildman–Crippen LogP) is 1.19. The van der Waals surface area contributed by atoms with Gasteiger partial charge in [-0.3, -0.25) is 4.90 Å². The summed E-state index contributed by atoms with van der Waals surface area (Å²) < 4.78 is 11.0. The van der Waals surface area contributed by atoms with E-state index in [1.54, 1.807) is 33.8 Å². The first kappa shape index (κ1) is 21.6. The lowest BCUT2D eigenvalue weighted by Crippen LogP contribution is -2.53. The molecule has 152 valence electrons. The fraction of sp³-hybridized carbons (Fsp3) is 0.700. The third kappa shape index (κ3) is 4.25. The Hall–Kier alpha value is -1.70. The molecule has 2 aliphatic heterocycles. The largest absolute Gasteiger partial charge is 0.459 e. The summed E-state index contributed by atoms with van der Waals surface area (Å²) >= 11 is 0. The van der Waals surface area contributed by atoms with Crippen molar-refractivity contribution >= 4 is 11.9 Å². The van der Waals surface area contributed by atoms with Gasteiger partial charge in [-0.1, -0.05) is 26.0 Å². The van der Waals surface area contributed by atoms with Crippen LogP contribution in [-0.2, 0) is 19.1 Å². The Balaban J connectivity index is 2.03. The molecule has 7 nitrogen and oxygen atoms in total. The molecule has 0 amide bonds. The number of aliphatic hydroxyl groups excluding tert-OH is 1. The van der Waals surface area contributed by atoms with Crippen LogP contribution >= 0.6 is 0 Å². The summed E-state index contributed by atoms with van der Waals surface area (Å²) in [5, 5.41) is 20.4. The number of carbonyl (C=O) groups excluding carboxylic acids is 2. The summed E-state index contributed by atoms with van der Waals surface area (Å²) in [5.74, 6) is -1.68. The number of nitrogens with zero attached hydrogens (tertiary/aromatic N) is 1.